The van der Waals surface area contributed by atoms with Crippen LogP contribution in [0.15, 0.2) is 30.5 Å². The Morgan fingerprint density at radius 1 is 1.24 bits per heavy atom. The molecule has 0 fully saturated rings. The Morgan fingerprint density at radius 2 is 2.05 bits per heavy atom. The molecular formula is C14H10Cl3N3O. The van der Waals surface area contributed by atoms with E-state index in [0.29, 0.717) is 32.8 Å². The number of ether oxygens (including phenoxy) is 1. The van der Waals surface area contributed by atoms with Gasteiger partial charge in [-0.25, -0.2) is 9.97 Å². The summed E-state index contributed by atoms with van der Waals surface area (Å²) in [6, 6.07) is 7.20. The Bertz CT molecular complexity index is 817. The van der Waals surface area contributed by atoms with Gasteiger partial charge in [-0.15, -0.1) is 11.6 Å². The van der Waals surface area contributed by atoms with Gasteiger partial charge < -0.3 is 4.74 Å². The second kappa shape index (κ2) is 5.72. The first-order chi connectivity index (χ1) is 10.1. The summed E-state index contributed by atoms with van der Waals surface area (Å²) in [5.74, 6) is 1.52. The molecule has 3 aromatic rings. The molecule has 21 heavy (non-hydrogen) atoms. The van der Waals surface area contributed by atoms with Crippen LogP contribution in [-0.2, 0) is 5.88 Å². The number of rotatable bonds is 3. The summed E-state index contributed by atoms with van der Waals surface area (Å²) in [7, 11) is 1.57. The maximum absolute atomic E-state index is 6.19. The van der Waals surface area contributed by atoms with E-state index < -0.39 is 0 Å². The molecular weight excluding hydrogens is 333 g/mol. The predicted octanol–water partition coefficient (Wildman–Crippen LogP) is 4.47. The first-order valence-corrected chi connectivity index (χ1v) is 7.36. The first-order valence-electron chi connectivity index (χ1n) is 6.07. The van der Waals surface area contributed by atoms with Crippen LogP contribution in [0.2, 0.25) is 10.0 Å². The predicted molar refractivity (Wildman–Crippen MR) is 85.0 cm³/mol. The highest BCUT2D eigenvalue weighted by atomic mass is 35.5. The van der Waals surface area contributed by atoms with Gasteiger partial charge in [-0.1, -0.05) is 23.2 Å². The minimum atomic E-state index is 0.248. The molecule has 3 rings (SSSR count). The summed E-state index contributed by atoms with van der Waals surface area (Å²) >= 11 is 18.1. The quantitative estimate of drug-likeness (QED) is 0.659. The molecule has 0 radical (unpaired) electrons. The van der Waals surface area contributed by atoms with Crippen molar-refractivity contribution in [3.05, 3.63) is 46.3 Å². The van der Waals surface area contributed by atoms with Crippen LogP contribution in [-0.4, -0.2) is 21.6 Å². The van der Waals surface area contributed by atoms with Gasteiger partial charge in [0.05, 0.1) is 28.7 Å². The van der Waals surface area contributed by atoms with Crippen molar-refractivity contribution >= 4 is 46.0 Å². The number of alkyl halides is 1. The van der Waals surface area contributed by atoms with E-state index in [9.17, 15) is 0 Å². The summed E-state index contributed by atoms with van der Waals surface area (Å²) in [4.78, 5) is 8.78. The van der Waals surface area contributed by atoms with E-state index in [4.69, 9.17) is 39.5 Å². The van der Waals surface area contributed by atoms with E-state index in [1.165, 1.54) is 0 Å². The van der Waals surface area contributed by atoms with Gasteiger partial charge in [0, 0.05) is 6.20 Å². The summed E-state index contributed by atoms with van der Waals surface area (Å²) < 4.78 is 7.01. The van der Waals surface area contributed by atoms with E-state index >= 15 is 0 Å². The second-order valence-electron chi connectivity index (χ2n) is 4.31. The SMILES string of the molecule is COc1ccc(-n2c(CCl)nc3cc(Cl)cnc32)cc1Cl. The molecule has 2 heterocycles. The van der Waals surface area contributed by atoms with Gasteiger partial charge in [0.1, 0.15) is 17.1 Å². The topological polar surface area (TPSA) is 39.9 Å². The fraction of sp³-hybridized carbons (Fsp3) is 0.143. The third-order valence-electron chi connectivity index (χ3n) is 3.05. The lowest BCUT2D eigenvalue weighted by Gasteiger charge is -2.09. The largest absolute Gasteiger partial charge is 0.495 e. The monoisotopic (exact) mass is 341 g/mol. The second-order valence-corrected chi connectivity index (χ2v) is 5.42. The molecule has 0 N–H and O–H groups in total. The number of halogens is 3. The van der Waals surface area contributed by atoms with Crippen LogP contribution in [0.1, 0.15) is 5.82 Å². The Morgan fingerprint density at radius 3 is 2.71 bits per heavy atom. The third kappa shape index (κ3) is 2.55. The highest BCUT2D eigenvalue weighted by Gasteiger charge is 2.14. The standard InChI is InChI=1S/C14H10Cl3N3O/c1-21-12-3-2-9(5-10(12)17)20-13(6-15)19-11-4-8(16)7-18-14(11)20/h2-5,7H,6H2,1H3. The van der Waals surface area contributed by atoms with Crippen LogP contribution in [0.5, 0.6) is 5.75 Å². The Labute approximate surface area is 136 Å². The van der Waals surface area contributed by atoms with Crippen LogP contribution in [0.3, 0.4) is 0 Å². The fourth-order valence-electron chi connectivity index (χ4n) is 2.14. The summed E-state index contributed by atoms with van der Waals surface area (Å²) in [5.41, 5.74) is 2.18. The number of aromatic nitrogens is 3. The van der Waals surface area contributed by atoms with Crippen LogP contribution >= 0.6 is 34.8 Å². The number of hydrogen-bond donors (Lipinski definition) is 0. The summed E-state index contributed by atoms with van der Waals surface area (Å²) in [6.07, 6.45) is 1.57. The molecule has 0 unspecified atom stereocenters. The molecule has 0 amide bonds. The molecule has 4 nitrogen and oxygen atoms in total. The van der Waals surface area contributed by atoms with Crippen molar-refractivity contribution in [3.8, 4) is 11.4 Å². The molecule has 2 aromatic heterocycles. The number of imidazole rings is 1. The van der Waals surface area contributed by atoms with Crippen molar-refractivity contribution in [2.24, 2.45) is 0 Å². The molecule has 0 spiro atoms. The van der Waals surface area contributed by atoms with Gasteiger partial charge in [-0.2, -0.15) is 0 Å². The zero-order valence-electron chi connectivity index (χ0n) is 11.0. The molecule has 7 heteroatoms. The number of hydrogen-bond acceptors (Lipinski definition) is 3. The summed E-state index contributed by atoms with van der Waals surface area (Å²) in [6.45, 7) is 0. The van der Waals surface area contributed by atoms with Crippen molar-refractivity contribution in [3.63, 3.8) is 0 Å². The van der Waals surface area contributed by atoms with Crippen molar-refractivity contribution in [2.75, 3.05) is 7.11 Å². The molecule has 0 aliphatic rings. The fourth-order valence-corrected chi connectivity index (χ4v) is 2.73. The molecule has 0 bridgehead atoms. The maximum atomic E-state index is 6.19. The van der Waals surface area contributed by atoms with Crippen molar-refractivity contribution in [2.45, 2.75) is 5.88 Å². The number of fused-ring (bicyclic) bond motifs is 1. The lowest BCUT2D eigenvalue weighted by Crippen LogP contribution is -2.00. The van der Waals surface area contributed by atoms with E-state index in [1.807, 2.05) is 10.6 Å². The van der Waals surface area contributed by atoms with Crippen LogP contribution in [0, 0.1) is 0 Å². The van der Waals surface area contributed by atoms with Crippen molar-refractivity contribution in [1.82, 2.24) is 14.5 Å². The highest BCUT2D eigenvalue weighted by molar-refractivity contribution is 6.32. The highest BCUT2D eigenvalue weighted by Crippen LogP contribution is 2.29. The Hall–Kier alpha value is -1.49. The lowest BCUT2D eigenvalue weighted by atomic mass is 10.3. The third-order valence-corrected chi connectivity index (χ3v) is 3.79. The molecule has 0 aliphatic heterocycles. The van der Waals surface area contributed by atoms with Crippen LogP contribution in [0.4, 0.5) is 0 Å². The maximum Gasteiger partial charge on any atom is 0.164 e. The molecule has 0 saturated carbocycles. The van der Waals surface area contributed by atoms with Crippen LogP contribution in [0.25, 0.3) is 16.9 Å². The molecule has 0 aliphatic carbocycles. The average Bonchev–Trinajstić information content (AvgIpc) is 2.84. The van der Waals surface area contributed by atoms with E-state index in [1.54, 1.807) is 31.5 Å². The van der Waals surface area contributed by atoms with Gasteiger partial charge in [0.2, 0.25) is 0 Å². The van der Waals surface area contributed by atoms with Crippen molar-refractivity contribution < 1.29 is 4.74 Å². The number of pyridine rings is 1. The zero-order chi connectivity index (χ0) is 15.0. The van der Waals surface area contributed by atoms with Gasteiger partial charge in [0.15, 0.2) is 5.65 Å². The first kappa shape index (κ1) is 14.4. The van der Waals surface area contributed by atoms with E-state index in [-0.39, 0.29) is 5.88 Å². The Kier molecular flexibility index (Phi) is 3.93. The smallest absolute Gasteiger partial charge is 0.164 e. The number of nitrogens with zero attached hydrogens (tertiary/aromatic N) is 3. The molecule has 1 aromatic carbocycles. The average molecular weight is 343 g/mol. The van der Waals surface area contributed by atoms with Crippen LogP contribution < -0.4 is 4.74 Å². The minimum Gasteiger partial charge on any atom is -0.495 e. The van der Waals surface area contributed by atoms with Gasteiger partial charge >= 0.3 is 0 Å². The number of methoxy groups -OCH3 is 1. The molecule has 0 saturated heterocycles. The lowest BCUT2D eigenvalue weighted by molar-refractivity contribution is 0.415. The van der Waals surface area contributed by atoms with Gasteiger partial charge in [-0.05, 0) is 24.3 Å². The minimum absolute atomic E-state index is 0.248. The van der Waals surface area contributed by atoms with Gasteiger partial charge in [0.25, 0.3) is 0 Å². The normalized spacial score (nSPS) is 11.0. The molecule has 0 atom stereocenters. The summed E-state index contributed by atoms with van der Waals surface area (Å²) in [5, 5.41) is 1.03. The van der Waals surface area contributed by atoms with Gasteiger partial charge in [-0.3, -0.25) is 4.57 Å². The van der Waals surface area contributed by atoms with E-state index in [2.05, 4.69) is 9.97 Å². The van der Waals surface area contributed by atoms with E-state index in [0.717, 1.165) is 5.69 Å². The molecule has 108 valence electrons. The zero-order valence-corrected chi connectivity index (χ0v) is 13.2. The Balaban J connectivity index is 2.25. The van der Waals surface area contributed by atoms with Crippen molar-refractivity contribution in [1.29, 1.82) is 0 Å². The number of benzene rings is 1.